The van der Waals surface area contributed by atoms with E-state index < -0.39 is 15.4 Å². The number of nitrogens with zero attached hydrogens (tertiary/aromatic N) is 1. The summed E-state index contributed by atoms with van der Waals surface area (Å²) in [6.07, 6.45) is 1.10. The van der Waals surface area contributed by atoms with Gasteiger partial charge in [-0.05, 0) is 31.5 Å². The molecule has 0 aromatic heterocycles. The Kier molecular flexibility index (Phi) is 3.24. The van der Waals surface area contributed by atoms with Gasteiger partial charge >= 0.3 is 0 Å². The summed E-state index contributed by atoms with van der Waals surface area (Å²) in [4.78, 5) is 0. The largest absolute Gasteiger partial charge is 0.284 e. The van der Waals surface area contributed by atoms with Crippen LogP contribution in [-0.2, 0) is 15.4 Å². The molecule has 4 nitrogen and oxygen atoms in total. The van der Waals surface area contributed by atoms with Crippen molar-refractivity contribution in [3.05, 3.63) is 29.8 Å². The van der Waals surface area contributed by atoms with E-state index in [-0.39, 0.29) is 0 Å². The van der Waals surface area contributed by atoms with Crippen LogP contribution in [0.4, 0.5) is 5.69 Å². The SMILES string of the molecule is CC(C)(C#N)c1ccc(NS(C)(=O)=O)cc1. The van der Waals surface area contributed by atoms with Crippen molar-refractivity contribution in [2.45, 2.75) is 19.3 Å². The van der Waals surface area contributed by atoms with Crippen molar-refractivity contribution < 1.29 is 8.42 Å². The Bertz CT molecular complexity index is 510. The van der Waals surface area contributed by atoms with Crippen LogP contribution in [0.5, 0.6) is 0 Å². The van der Waals surface area contributed by atoms with Crippen LogP contribution in [0.1, 0.15) is 19.4 Å². The van der Waals surface area contributed by atoms with Gasteiger partial charge in [-0.25, -0.2) is 8.42 Å². The van der Waals surface area contributed by atoms with Crippen LogP contribution in [0.2, 0.25) is 0 Å². The van der Waals surface area contributed by atoms with E-state index in [0.717, 1.165) is 11.8 Å². The van der Waals surface area contributed by atoms with Crippen LogP contribution < -0.4 is 4.72 Å². The fourth-order valence-corrected chi connectivity index (χ4v) is 1.80. The van der Waals surface area contributed by atoms with Gasteiger partial charge in [0.2, 0.25) is 10.0 Å². The number of sulfonamides is 1. The maximum Gasteiger partial charge on any atom is 0.229 e. The first-order chi connectivity index (χ1) is 7.24. The van der Waals surface area contributed by atoms with Crippen LogP contribution in [0, 0.1) is 11.3 Å². The van der Waals surface area contributed by atoms with Gasteiger partial charge < -0.3 is 0 Å². The number of nitrogens with one attached hydrogen (secondary N) is 1. The molecule has 0 bridgehead atoms. The lowest BCUT2D eigenvalue weighted by molar-refractivity contribution is 0.607. The lowest BCUT2D eigenvalue weighted by Gasteiger charge is -2.16. The average molecular weight is 238 g/mol. The molecule has 16 heavy (non-hydrogen) atoms. The summed E-state index contributed by atoms with van der Waals surface area (Å²) >= 11 is 0. The Hall–Kier alpha value is -1.54. The molecule has 1 aromatic carbocycles. The third-order valence-corrected chi connectivity index (χ3v) is 2.80. The maximum atomic E-state index is 11.0. The number of hydrogen-bond acceptors (Lipinski definition) is 3. The molecule has 0 radical (unpaired) electrons. The zero-order chi connectivity index (χ0) is 12.4. The van der Waals surface area contributed by atoms with Crippen LogP contribution >= 0.6 is 0 Å². The van der Waals surface area contributed by atoms with E-state index in [4.69, 9.17) is 5.26 Å². The predicted octanol–water partition coefficient (Wildman–Crippen LogP) is 1.86. The Balaban J connectivity index is 2.98. The van der Waals surface area contributed by atoms with Crippen LogP contribution in [0.15, 0.2) is 24.3 Å². The van der Waals surface area contributed by atoms with Crippen molar-refractivity contribution in [3.8, 4) is 6.07 Å². The highest BCUT2D eigenvalue weighted by Crippen LogP contribution is 2.23. The predicted molar refractivity (Wildman–Crippen MR) is 63.5 cm³/mol. The molecule has 1 aromatic rings. The summed E-state index contributed by atoms with van der Waals surface area (Å²) < 4.78 is 24.3. The van der Waals surface area contributed by atoms with Crippen molar-refractivity contribution in [2.24, 2.45) is 0 Å². The Labute approximate surface area is 96.0 Å². The smallest absolute Gasteiger partial charge is 0.229 e. The molecule has 1 rings (SSSR count). The number of rotatable bonds is 3. The molecular formula is C11H14N2O2S. The molecule has 0 heterocycles. The molecule has 0 saturated carbocycles. The second-order valence-corrected chi connectivity index (χ2v) is 5.94. The first-order valence-corrected chi connectivity index (χ1v) is 6.63. The maximum absolute atomic E-state index is 11.0. The lowest BCUT2D eigenvalue weighted by atomic mass is 9.86. The normalized spacial score (nSPS) is 11.9. The van der Waals surface area contributed by atoms with Crippen LogP contribution in [0.25, 0.3) is 0 Å². The van der Waals surface area contributed by atoms with E-state index in [1.54, 1.807) is 24.3 Å². The fraction of sp³-hybridized carbons (Fsp3) is 0.364. The molecule has 0 aliphatic carbocycles. The summed E-state index contributed by atoms with van der Waals surface area (Å²) in [5.41, 5.74) is 0.790. The summed E-state index contributed by atoms with van der Waals surface area (Å²) in [5, 5.41) is 8.94. The topological polar surface area (TPSA) is 70.0 Å². The van der Waals surface area contributed by atoms with E-state index in [1.807, 2.05) is 13.8 Å². The first kappa shape index (κ1) is 12.5. The molecule has 86 valence electrons. The van der Waals surface area contributed by atoms with E-state index in [9.17, 15) is 8.42 Å². The molecule has 0 aliphatic rings. The molecule has 1 N–H and O–H groups in total. The van der Waals surface area contributed by atoms with Gasteiger partial charge in [0, 0.05) is 5.69 Å². The van der Waals surface area contributed by atoms with E-state index in [2.05, 4.69) is 10.8 Å². The Morgan fingerprint density at radius 3 is 2.12 bits per heavy atom. The molecule has 0 amide bonds. The van der Waals surface area contributed by atoms with Gasteiger partial charge in [0.05, 0.1) is 17.7 Å². The third-order valence-electron chi connectivity index (χ3n) is 2.19. The van der Waals surface area contributed by atoms with Gasteiger partial charge in [0.15, 0.2) is 0 Å². The highest BCUT2D eigenvalue weighted by Gasteiger charge is 2.19. The molecule has 0 unspecified atom stereocenters. The quantitative estimate of drug-likeness (QED) is 0.873. The second kappa shape index (κ2) is 4.14. The van der Waals surface area contributed by atoms with Gasteiger partial charge in [-0.3, -0.25) is 4.72 Å². The number of benzene rings is 1. The summed E-state index contributed by atoms with van der Waals surface area (Å²) in [6, 6.07) is 8.98. The number of nitriles is 1. The van der Waals surface area contributed by atoms with Crippen molar-refractivity contribution in [1.82, 2.24) is 0 Å². The van der Waals surface area contributed by atoms with E-state index >= 15 is 0 Å². The first-order valence-electron chi connectivity index (χ1n) is 4.74. The van der Waals surface area contributed by atoms with Crippen molar-refractivity contribution in [1.29, 1.82) is 5.26 Å². The summed E-state index contributed by atoms with van der Waals surface area (Å²) in [7, 11) is -3.25. The minimum absolute atomic E-state index is 0.500. The molecule has 0 fully saturated rings. The molecule has 0 spiro atoms. The van der Waals surface area contributed by atoms with Crippen molar-refractivity contribution in [2.75, 3.05) is 11.0 Å². The van der Waals surface area contributed by atoms with Crippen LogP contribution in [0.3, 0.4) is 0 Å². The zero-order valence-corrected chi connectivity index (χ0v) is 10.3. The van der Waals surface area contributed by atoms with Gasteiger partial charge in [0.25, 0.3) is 0 Å². The standard InChI is InChI=1S/C11H14N2O2S/c1-11(2,8-12)9-4-6-10(7-5-9)13-16(3,14)15/h4-7,13H,1-3H3. The molecule has 0 atom stereocenters. The fourth-order valence-electron chi connectivity index (χ4n) is 1.23. The summed E-state index contributed by atoms with van der Waals surface area (Å²) in [6.45, 7) is 3.62. The van der Waals surface area contributed by atoms with E-state index in [1.165, 1.54) is 0 Å². The molecular weight excluding hydrogens is 224 g/mol. The van der Waals surface area contributed by atoms with Crippen molar-refractivity contribution in [3.63, 3.8) is 0 Å². The highest BCUT2D eigenvalue weighted by atomic mass is 32.2. The monoisotopic (exact) mass is 238 g/mol. The minimum Gasteiger partial charge on any atom is -0.284 e. The van der Waals surface area contributed by atoms with Crippen molar-refractivity contribution >= 4 is 15.7 Å². The highest BCUT2D eigenvalue weighted by molar-refractivity contribution is 7.92. The van der Waals surface area contributed by atoms with Gasteiger partial charge in [-0.2, -0.15) is 5.26 Å². The van der Waals surface area contributed by atoms with Gasteiger partial charge in [0.1, 0.15) is 0 Å². The van der Waals surface area contributed by atoms with Crippen LogP contribution in [-0.4, -0.2) is 14.7 Å². The number of anilines is 1. The summed E-state index contributed by atoms with van der Waals surface area (Å²) in [5.74, 6) is 0. The third kappa shape index (κ3) is 3.24. The number of hydrogen-bond donors (Lipinski definition) is 1. The zero-order valence-electron chi connectivity index (χ0n) is 9.48. The molecule has 0 saturated heterocycles. The van der Waals surface area contributed by atoms with Gasteiger partial charge in [-0.1, -0.05) is 12.1 Å². The Morgan fingerprint density at radius 1 is 1.25 bits per heavy atom. The van der Waals surface area contributed by atoms with Gasteiger partial charge in [-0.15, -0.1) is 0 Å². The minimum atomic E-state index is -3.25. The second-order valence-electron chi connectivity index (χ2n) is 4.19. The lowest BCUT2D eigenvalue weighted by Crippen LogP contribution is -2.14. The Morgan fingerprint density at radius 2 is 1.75 bits per heavy atom. The average Bonchev–Trinajstić information content (AvgIpc) is 2.16. The molecule has 0 aliphatic heterocycles. The molecule has 5 heteroatoms. The van der Waals surface area contributed by atoms with E-state index in [0.29, 0.717) is 5.69 Å².